The first-order chi connectivity index (χ1) is 13.1. The standard InChI is InChI=1S/C22H21O4P/c1-16-8-2-5-11-20(16)25-14-17(23)15-27(24)22-13-7-4-10-19(22)18-9-3-6-12-21(18)26-27/h2-13,17,23H,14-15H2,1H3. The highest BCUT2D eigenvalue weighted by Gasteiger charge is 2.37. The second kappa shape index (κ2) is 7.22. The zero-order valence-electron chi connectivity index (χ0n) is 15.0. The molecule has 2 atom stereocenters. The number of aryl methyl sites for hydroxylation is 1. The van der Waals surface area contributed by atoms with Gasteiger partial charge < -0.3 is 14.4 Å². The molecule has 0 saturated heterocycles. The molecule has 0 aromatic heterocycles. The molecule has 3 aromatic carbocycles. The Morgan fingerprint density at radius 3 is 2.44 bits per heavy atom. The predicted molar refractivity (Wildman–Crippen MR) is 107 cm³/mol. The van der Waals surface area contributed by atoms with E-state index >= 15 is 0 Å². The third-order valence-electron chi connectivity index (χ3n) is 4.67. The molecule has 0 spiro atoms. The van der Waals surface area contributed by atoms with Crippen molar-refractivity contribution < 1.29 is 18.9 Å². The molecule has 0 bridgehead atoms. The lowest BCUT2D eigenvalue weighted by Crippen LogP contribution is -2.28. The highest BCUT2D eigenvalue weighted by Crippen LogP contribution is 2.54. The van der Waals surface area contributed by atoms with Gasteiger partial charge in [0.05, 0.1) is 17.6 Å². The SMILES string of the molecule is Cc1ccccc1OCC(O)CP1(=O)Oc2ccccc2-c2ccccc21. The zero-order chi connectivity index (χ0) is 18.9. The summed E-state index contributed by atoms with van der Waals surface area (Å²) in [5.74, 6) is 1.30. The summed E-state index contributed by atoms with van der Waals surface area (Å²) in [6.45, 7) is 2.00. The monoisotopic (exact) mass is 380 g/mol. The number of aliphatic hydroxyl groups is 1. The van der Waals surface area contributed by atoms with E-state index in [0.717, 1.165) is 16.7 Å². The smallest absolute Gasteiger partial charge is 0.280 e. The van der Waals surface area contributed by atoms with E-state index in [1.54, 1.807) is 0 Å². The fourth-order valence-electron chi connectivity index (χ4n) is 3.35. The summed E-state index contributed by atoms with van der Waals surface area (Å²) >= 11 is 0. The van der Waals surface area contributed by atoms with Crippen LogP contribution in [0.3, 0.4) is 0 Å². The fourth-order valence-corrected chi connectivity index (χ4v) is 5.73. The Bertz CT molecular complexity index is 1010. The van der Waals surface area contributed by atoms with Gasteiger partial charge in [-0.05, 0) is 36.2 Å². The molecule has 2 unspecified atom stereocenters. The normalized spacial score (nSPS) is 18.7. The van der Waals surface area contributed by atoms with Crippen molar-refractivity contribution in [3.8, 4) is 22.6 Å². The van der Waals surface area contributed by atoms with Crippen LogP contribution in [0.1, 0.15) is 5.56 Å². The van der Waals surface area contributed by atoms with E-state index in [0.29, 0.717) is 16.8 Å². The van der Waals surface area contributed by atoms with Crippen LogP contribution in [0.25, 0.3) is 11.1 Å². The summed E-state index contributed by atoms with van der Waals surface area (Å²) in [7, 11) is -3.26. The van der Waals surface area contributed by atoms with E-state index in [2.05, 4.69) is 0 Å². The van der Waals surface area contributed by atoms with Gasteiger partial charge in [-0.15, -0.1) is 0 Å². The fraction of sp³-hybridized carbons (Fsp3) is 0.182. The lowest BCUT2D eigenvalue weighted by Gasteiger charge is -2.29. The molecular formula is C22H21O4P. The van der Waals surface area contributed by atoms with Crippen LogP contribution in [0.2, 0.25) is 0 Å². The van der Waals surface area contributed by atoms with Gasteiger partial charge in [-0.3, -0.25) is 4.57 Å². The summed E-state index contributed by atoms with van der Waals surface area (Å²) in [5.41, 5.74) is 2.81. The van der Waals surface area contributed by atoms with Crippen LogP contribution in [0.4, 0.5) is 0 Å². The minimum Gasteiger partial charge on any atom is -0.491 e. The molecule has 0 radical (unpaired) electrons. The Morgan fingerprint density at radius 2 is 1.63 bits per heavy atom. The van der Waals surface area contributed by atoms with Crippen molar-refractivity contribution in [2.24, 2.45) is 0 Å². The molecule has 1 N–H and O–H groups in total. The molecule has 5 heteroatoms. The number of rotatable bonds is 5. The largest absolute Gasteiger partial charge is 0.491 e. The van der Waals surface area contributed by atoms with Crippen LogP contribution >= 0.6 is 7.37 Å². The topological polar surface area (TPSA) is 55.8 Å². The molecule has 1 aliphatic rings. The van der Waals surface area contributed by atoms with Crippen LogP contribution < -0.4 is 14.6 Å². The number of hydrogen-bond acceptors (Lipinski definition) is 4. The molecule has 0 aliphatic carbocycles. The summed E-state index contributed by atoms with van der Waals surface area (Å²) in [5, 5.41) is 11.2. The van der Waals surface area contributed by atoms with Gasteiger partial charge in [0.1, 0.15) is 18.1 Å². The minimum absolute atomic E-state index is 0.00420. The number of ether oxygens (including phenoxy) is 1. The average Bonchev–Trinajstić information content (AvgIpc) is 2.67. The van der Waals surface area contributed by atoms with Crippen LogP contribution in [-0.4, -0.2) is 24.0 Å². The molecule has 27 heavy (non-hydrogen) atoms. The Labute approximate surface area is 158 Å². The van der Waals surface area contributed by atoms with E-state index < -0.39 is 13.5 Å². The van der Waals surface area contributed by atoms with E-state index in [1.807, 2.05) is 79.7 Å². The molecule has 4 rings (SSSR count). The second-order valence-corrected chi connectivity index (χ2v) is 9.07. The maximum absolute atomic E-state index is 13.7. The van der Waals surface area contributed by atoms with E-state index in [4.69, 9.17) is 9.26 Å². The molecule has 0 fully saturated rings. The highest BCUT2D eigenvalue weighted by molar-refractivity contribution is 7.67. The maximum Gasteiger partial charge on any atom is 0.280 e. The molecule has 1 aliphatic heterocycles. The van der Waals surface area contributed by atoms with Crippen molar-refractivity contribution in [1.82, 2.24) is 0 Å². The molecule has 0 saturated carbocycles. The van der Waals surface area contributed by atoms with Gasteiger partial charge in [-0.1, -0.05) is 54.6 Å². The van der Waals surface area contributed by atoms with Crippen molar-refractivity contribution in [1.29, 1.82) is 0 Å². The van der Waals surface area contributed by atoms with Crippen LogP contribution in [0.5, 0.6) is 11.5 Å². The molecule has 0 amide bonds. The Morgan fingerprint density at radius 1 is 0.963 bits per heavy atom. The van der Waals surface area contributed by atoms with E-state index in [1.165, 1.54) is 0 Å². The van der Waals surface area contributed by atoms with E-state index in [9.17, 15) is 9.67 Å². The van der Waals surface area contributed by atoms with Gasteiger partial charge in [-0.2, -0.15) is 0 Å². The molecule has 4 nitrogen and oxygen atoms in total. The molecule has 138 valence electrons. The van der Waals surface area contributed by atoms with Gasteiger partial charge in [0.2, 0.25) is 0 Å². The minimum atomic E-state index is -3.26. The van der Waals surface area contributed by atoms with Gasteiger partial charge in [-0.25, -0.2) is 0 Å². The van der Waals surface area contributed by atoms with Crippen LogP contribution in [-0.2, 0) is 4.57 Å². The van der Waals surface area contributed by atoms with Crippen molar-refractivity contribution in [3.05, 3.63) is 78.4 Å². The van der Waals surface area contributed by atoms with Crippen molar-refractivity contribution >= 4 is 12.7 Å². The second-order valence-electron chi connectivity index (χ2n) is 6.69. The van der Waals surface area contributed by atoms with Gasteiger partial charge in [0.15, 0.2) is 0 Å². The Kier molecular flexibility index (Phi) is 4.77. The number of benzene rings is 3. The first kappa shape index (κ1) is 17.8. The number of para-hydroxylation sites is 2. The summed E-state index contributed by atoms with van der Waals surface area (Å²) in [4.78, 5) is 0. The predicted octanol–water partition coefficient (Wildman–Crippen LogP) is 4.40. The number of hydrogen-bond donors (Lipinski definition) is 1. The number of fused-ring (bicyclic) bond motifs is 3. The Balaban J connectivity index is 1.56. The maximum atomic E-state index is 13.7. The average molecular weight is 380 g/mol. The van der Waals surface area contributed by atoms with Crippen LogP contribution in [0.15, 0.2) is 72.8 Å². The van der Waals surface area contributed by atoms with E-state index in [-0.39, 0.29) is 12.8 Å². The third-order valence-corrected chi connectivity index (χ3v) is 7.19. The lowest BCUT2D eigenvalue weighted by molar-refractivity contribution is 0.123. The first-order valence-electron chi connectivity index (χ1n) is 8.91. The number of aliphatic hydroxyl groups excluding tert-OH is 1. The van der Waals surface area contributed by atoms with Gasteiger partial charge in [0.25, 0.3) is 7.37 Å². The van der Waals surface area contributed by atoms with Gasteiger partial charge >= 0.3 is 0 Å². The quantitative estimate of drug-likeness (QED) is 0.667. The lowest BCUT2D eigenvalue weighted by atomic mass is 10.0. The summed E-state index contributed by atoms with van der Waals surface area (Å²) in [6.07, 6.45) is -0.904. The summed E-state index contributed by atoms with van der Waals surface area (Å²) in [6, 6.07) is 22.7. The van der Waals surface area contributed by atoms with Gasteiger partial charge in [0, 0.05) is 5.56 Å². The molecule has 3 aromatic rings. The van der Waals surface area contributed by atoms with Crippen molar-refractivity contribution in [2.75, 3.05) is 12.8 Å². The molecule has 1 heterocycles. The molecular weight excluding hydrogens is 359 g/mol. The van der Waals surface area contributed by atoms with Crippen molar-refractivity contribution in [2.45, 2.75) is 13.0 Å². The third kappa shape index (κ3) is 3.51. The van der Waals surface area contributed by atoms with Crippen molar-refractivity contribution in [3.63, 3.8) is 0 Å². The van der Waals surface area contributed by atoms with Crippen LogP contribution in [0, 0.1) is 6.92 Å². The first-order valence-corrected chi connectivity index (χ1v) is 10.7. The Hall–Kier alpha value is -2.55. The zero-order valence-corrected chi connectivity index (χ0v) is 15.9. The highest BCUT2D eigenvalue weighted by atomic mass is 31.2. The summed E-state index contributed by atoms with van der Waals surface area (Å²) < 4.78 is 25.3.